The van der Waals surface area contributed by atoms with E-state index in [-0.39, 0.29) is 29.7 Å². The van der Waals surface area contributed by atoms with Gasteiger partial charge in [0.15, 0.2) is 0 Å². The highest BCUT2D eigenvalue weighted by Crippen LogP contribution is 2.24. The molecule has 0 aromatic rings. The van der Waals surface area contributed by atoms with Crippen LogP contribution in [0.3, 0.4) is 0 Å². The van der Waals surface area contributed by atoms with Crippen molar-refractivity contribution in [2.45, 2.75) is 51.1 Å². The monoisotopic (exact) mass is 286 g/mol. The number of ketones is 1. The standard InChI is InChI=1S/C14H26N2O2S/c1-10(17)11-4-6-12(7-5-11)16-14(18)13(15-2)8-9-19-3/h11-13,15H,4-9H2,1-3H3,(H,16,18). The summed E-state index contributed by atoms with van der Waals surface area (Å²) in [6.45, 7) is 1.67. The van der Waals surface area contributed by atoms with Crippen LogP contribution in [0, 0.1) is 5.92 Å². The van der Waals surface area contributed by atoms with Gasteiger partial charge in [-0.1, -0.05) is 0 Å². The van der Waals surface area contributed by atoms with E-state index in [1.807, 2.05) is 13.3 Å². The van der Waals surface area contributed by atoms with Crippen molar-refractivity contribution in [1.82, 2.24) is 10.6 Å². The summed E-state index contributed by atoms with van der Waals surface area (Å²) in [5.41, 5.74) is 0. The van der Waals surface area contributed by atoms with Gasteiger partial charge in [0, 0.05) is 12.0 Å². The van der Waals surface area contributed by atoms with Gasteiger partial charge in [0.05, 0.1) is 6.04 Å². The van der Waals surface area contributed by atoms with Gasteiger partial charge in [0.1, 0.15) is 5.78 Å². The molecule has 1 saturated carbocycles. The van der Waals surface area contributed by atoms with Gasteiger partial charge in [-0.15, -0.1) is 0 Å². The number of carbonyl (C=O) groups excluding carboxylic acids is 2. The fraction of sp³-hybridized carbons (Fsp3) is 0.857. The second kappa shape index (κ2) is 8.59. The highest BCUT2D eigenvalue weighted by atomic mass is 32.2. The topological polar surface area (TPSA) is 58.2 Å². The second-order valence-corrected chi connectivity index (χ2v) is 6.28. The molecule has 0 saturated heterocycles. The van der Waals surface area contributed by atoms with Gasteiger partial charge in [0.2, 0.25) is 5.91 Å². The van der Waals surface area contributed by atoms with Crippen molar-refractivity contribution in [2.24, 2.45) is 5.92 Å². The number of hydrogen-bond acceptors (Lipinski definition) is 4. The van der Waals surface area contributed by atoms with Gasteiger partial charge in [0.25, 0.3) is 0 Å². The number of likely N-dealkylation sites (N-methyl/N-ethyl adjacent to an activating group) is 1. The predicted molar refractivity (Wildman–Crippen MR) is 80.4 cm³/mol. The van der Waals surface area contributed by atoms with Crippen molar-refractivity contribution in [3.05, 3.63) is 0 Å². The Morgan fingerprint density at radius 3 is 2.37 bits per heavy atom. The lowest BCUT2D eigenvalue weighted by Crippen LogP contribution is -2.48. The summed E-state index contributed by atoms with van der Waals surface area (Å²) in [6, 6.07) is 0.145. The number of hydrogen-bond donors (Lipinski definition) is 2. The Hall–Kier alpha value is -0.550. The molecule has 19 heavy (non-hydrogen) atoms. The number of nitrogens with one attached hydrogen (secondary N) is 2. The molecule has 110 valence electrons. The highest BCUT2D eigenvalue weighted by molar-refractivity contribution is 7.98. The van der Waals surface area contributed by atoms with Gasteiger partial charge in [-0.2, -0.15) is 11.8 Å². The summed E-state index contributed by atoms with van der Waals surface area (Å²) < 4.78 is 0. The lowest BCUT2D eigenvalue weighted by Gasteiger charge is -2.29. The van der Waals surface area contributed by atoms with E-state index in [2.05, 4.69) is 10.6 Å². The van der Waals surface area contributed by atoms with Crippen LogP contribution in [-0.2, 0) is 9.59 Å². The highest BCUT2D eigenvalue weighted by Gasteiger charge is 2.26. The third kappa shape index (κ3) is 5.53. The van der Waals surface area contributed by atoms with Crippen LogP contribution < -0.4 is 10.6 Å². The van der Waals surface area contributed by atoms with Crippen molar-refractivity contribution in [3.8, 4) is 0 Å². The van der Waals surface area contributed by atoms with E-state index in [9.17, 15) is 9.59 Å². The Labute approximate surface area is 120 Å². The van der Waals surface area contributed by atoms with Gasteiger partial charge in [-0.25, -0.2) is 0 Å². The first-order valence-corrected chi connectivity index (χ1v) is 8.44. The number of amides is 1. The van der Waals surface area contributed by atoms with E-state index in [1.165, 1.54) is 0 Å². The molecular formula is C14H26N2O2S. The van der Waals surface area contributed by atoms with Gasteiger partial charge >= 0.3 is 0 Å². The van der Waals surface area contributed by atoms with E-state index in [1.54, 1.807) is 18.7 Å². The molecule has 0 aliphatic heterocycles. The van der Waals surface area contributed by atoms with Crippen LogP contribution in [0.15, 0.2) is 0 Å². The maximum Gasteiger partial charge on any atom is 0.237 e. The fourth-order valence-corrected chi connectivity index (χ4v) is 3.06. The first-order chi connectivity index (χ1) is 9.08. The summed E-state index contributed by atoms with van der Waals surface area (Å²) in [5, 5.41) is 6.19. The molecule has 1 rings (SSSR count). The summed E-state index contributed by atoms with van der Waals surface area (Å²) in [4.78, 5) is 23.4. The zero-order valence-corrected chi connectivity index (χ0v) is 13.0. The van der Waals surface area contributed by atoms with Crippen LogP contribution in [0.25, 0.3) is 0 Å². The number of carbonyl (C=O) groups is 2. The van der Waals surface area contributed by atoms with E-state index >= 15 is 0 Å². The van der Waals surface area contributed by atoms with Crippen molar-refractivity contribution >= 4 is 23.5 Å². The van der Waals surface area contributed by atoms with E-state index in [0.717, 1.165) is 37.9 Å². The SMILES string of the molecule is CNC(CCSC)C(=O)NC1CCC(C(C)=O)CC1. The third-order valence-electron chi connectivity index (χ3n) is 3.92. The van der Waals surface area contributed by atoms with Crippen LogP contribution >= 0.6 is 11.8 Å². The smallest absolute Gasteiger partial charge is 0.237 e. The summed E-state index contributed by atoms with van der Waals surface area (Å²) in [6.07, 6.45) is 6.58. The van der Waals surface area contributed by atoms with Crippen molar-refractivity contribution in [1.29, 1.82) is 0 Å². The number of rotatable bonds is 7. The number of thioether (sulfide) groups is 1. The molecule has 0 heterocycles. The molecule has 1 unspecified atom stereocenters. The van der Waals surface area contributed by atoms with Crippen LogP contribution in [0.5, 0.6) is 0 Å². The van der Waals surface area contributed by atoms with Crippen molar-refractivity contribution in [2.75, 3.05) is 19.1 Å². The lowest BCUT2D eigenvalue weighted by molar-refractivity contribution is -0.124. The Morgan fingerprint density at radius 2 is 1.89 bits per heavy atom. The van der Waals surface area contributed by atoms with Crippen LogP contribution in [0.1, 0.15) is 39.0 Å². The Bertz CT molecular complexity index is 302. The number of Topliss-reactive ketones (excluding diaryl/α,β-unsaturated/α-hetero) is 1. The Morgan fingerprint density at radius 1 is 1.26 bits per heavy atom. The first kappa shape index (κ1) is 16.5. The van der Waals surface area contributed by atoms with Crippen LogP contribution in [0.2, 0.25) is 0 Å². The van der Waals surface area contributed by atoms with Crippen molar-refractivity contribution < 1.29 is 9.59 Å². The van der Waals surface area contributed by atoms with E-state index < -0.39 is 0 Å². The maximum atomic E-state index is 12.1. The molecule has 1 aliphatic rings. The first-order valence-electron chi connectivity index (χ1n) is 7.05. The molecule has 0 radical (unpaired) electrons. The molecule has 5 heteroatoms. The average Bonchev–Trinajstić information content (AvgIpc) is 2.40. The van der Waals surface area contributed by atoms with Crippen LogP contribution in [0.4, 0.5) is 0 Å². The molecule has 4 nitrogen and oxygen atoms in total. The zero-order valence-electron chi connectivity index (χ0n) is 12.2. The molecule has 0 aromatic heterocycles. The molecule has 0 bridgehead atoms. The summed E-state index contributed by atoms with van der Waals surface area (Å²) in [5.74, 6) is 1.58. The minimum absolute atomic E-state index is 0.0991. The predicted octanol–water partition coefficient (Wildman–Crippen LogP) is 1.59. The largest absolute Gasteiger partial charge is 0.352 e. The molecule has 1 atom stereocenters. The zero-order chi connectivity index (χ0) is 14.3. The molecule has 2 N–H and O–H groups in total. The third-order valence-corrected chi connectivity index (χ3v) is 4.57. The quantitative estimate of drug-likeness (QED) is 0.746. The lowest BCUT2D eigenvalue weighted by atomic mass is 9.84. The van der Waals surface area contributed by atoms with Crippen molar-refractivity contribution in [3.63, 3.8) is 0 Å². The maximum absolute atomic E-state index is 12.1. The van der Waals surface area contributed by atoms with E-state index in [4.69, 9.17) is 0 Å². The fourth-order valence-electron chi connectivity index (χ4n) is 2.59. The Balaban J connectivity index is 2.34. The average molecular weight is 286 g/mol. The van der Waals surface area contributed by atoms with Gasteiger partial charge in [-0.05, 0) is 58.1 Å². The molecule has 1 aliphatic carbocycles. The molecule has 0 aromatic carbocycles. The van der Waals surface area contributed by atoms with E-state index in [0.29, 0.717) is 0 Å². The van der Waals surface area contributed by atoms with Crippen LogP contribution in [-0.4, -0.2) is 42.8 Å². The second-order valence-electron chi connectivity index (χ2n) is 5.29. The summed E-state index contributed by atoms with van der Waals surface area (Å²) >= 11 is 1.75. The molecule has 1 fully saturated rings. The van der Waals surface area contributed by atoms with Gasteiger partial charge < -0.3 is 10.6 Å². The summed E-state index contributed by atoms with van der Waals surface area (Å²) in [7, 11) is 1.83. The molecule has 0 spiro atoms. The minimum Gasteiger partial charge on any atom is -0.352 e. The van der Waals surface area contributed by atoms with Gasteiger partial charge in [-0.3, -0.25) is 9.59 Å². The molecular weight excluding hydrogens is 260 g/mol. The minimum atomic E-state index is -0.0991. The normalized spacial score (nSPS) is 24.8. The molecule has 1 amide bonds. The Kier molecular flexibility index (Phi) is 7.46.